The molecule has 1 aliphatic carbocycles. The summed E-state index contributed by atoms with van der Waals surface area (Å²) in [4.78, 5) is 22.4. The van der Waals surface area contributed by atoms with Crippen molar-refractivity contribution in [2.24, 2.45) is 5.41 Å². The molecule has 0 spiro atoms. The van der Waals surface area contributed by atoms with Crippen LogP contribution in [0.3, 0.4) is 0 Å². The maximum Gasteiger partial charge on any atom is 0.303 e. The Hall–Kier alpha value is -1.50. The highest BCUT2D eigenvalue weighted by molar-refractivity contribution is 7.03. The summed E-state index contributed by atoms with van der Waals surface area (Å²) < 4.78 is 3.61. The monoisotopic (exact) mass is 255 g/mol. The van der Waals surface area contributed by atoms with Gasteiger partial charge < -0.3 is 10.4 Å². The number of hydrogen-bond donors (Lipinski definition) is 2. The van der Waals surface area contributed by atoms with Gasteiger partial charge in [-0.3, -0.25) is 9.59 Å². The van der Waals surface area contributed by atoms with Crippen LogP contribution in [0.4, 0.5) is 0 Å². The summed E-state index contributed by atoms with van der Waals surface area (Å²) in [6.45, 7) is 0.398. The Morgan fingerprint density at radius 2 is 2.29 bits per heavy atom. The van der Waals surface area contributed by atoms with Gasteiger partial charge in [0, 0.05) is 11.9 Å². The molecule has 6 nitrogen and oxygen atoms in total. The summed E-state index contributed by atoms with van der Waals surface area (Å²) >= 11 is 1.12. The van der Waals surface area contributed by atoms with E-state index in [1.165, 1.54) is 0 Å². The van der Waals surface area contributed by atoms with Crippen LogP contribution >= 0.6 is 11.5 Å². The van der Waals surface area contributed by atoms with Crippen LogP contribution in [0, 0.1) is 5.41 Å². The van der Waals surface area contributed by atoms with Crippen molar-refractivity contribution in [3.63, 3.8) is 0 Å². The Labute approximate surface area is 102 Å². The third kappa shape index (κ3) is 2.79. The lowest BCUT2D eigenvalue weighted by Crippen LogP contribution is -2.43. The summed E-state index contributed by atoms with van der Waals surface area (Å²) in [5.41, 5.74) is 0.0325. The molecule has 0 unspecified atom stereocenters. The fraction of sp³-hybridized carbons (Fsp3) is 0.600. The van der Waals surface area contributed by atoms with Crippen molar-refractivity contribution in [1.29, 1.82) is 0 Å². The zero-order chi connectivity index (χ0) is 12.3. The summed E-state index contributed by atoms with van der Waals surface area (Å²) in [5.74, 6) is -1.09. The Morgan fingerprint density at radius 3 is 2.76 bits per heavy atom. The largest absolute Gasteiger partial charge is 0.481 e. The second kappa shape index (κ2) is 4.79. The van der Waals surface area contributed by atoms with E-state index in [1.807, 2.05) is 0 Å². The van der Waals surface area contributed by atoms with E-state index in [2.05, 4.69) is 14.9 Å². The molecule has 1 saturated carbocycles. The molecule has 0 atom stereocenters. The molecule has 1 aromatic rings. The molecule has 2 rings (SSSR count). The third-order valence-corrected chi connectivity index (χ3v) is 3.66. The predicted molar refractivity (Wildman–Crippen MR) is 60.8 cm³/mol. The molecule has 0 radical (unpaired) electrons. The van der Waals surface area contributed by atoms with Gasteiger partial charge in [-0.2, -0.15) is 0 Å². The number of aromatic nitrogens is 2. The number of amides is 1. The van der Waals surface area contributed by atoms with Gasteiger partial charge in [0.2, 0.25) is 0 Å². The molecule has 0 saturated heterocycles. The summed E-state index contributed by atoms with van der Waals surface area (Å²) in [6, 6.07) is 0. The lowest BCUT2D eigenvalue weighted by molar-refractivity contribution is -0.141. The molecular formula is C10H13N3O3S. The van der Waals surface area contributed by atoms with E-state index in [4.69, 9.17) is 5.11 Å². The fourth-order valence-corrected chi connectivity index (χ4v) is 2.47. The Kier molecular flexibility index (Phi) is 3.37. The van der Waals surface area contributed by atoms with Crippen LogP contribution in [0.1, 0.15) is 36.2 Å². The molecule has 17 heavy (non-hydrogen) atoms. The van der Waals surface area contributed by atoms with Gasteiger partial charge in [0.05, 0.1) is 6.42 Å². The van der Waals surface area contributed by atoms with Crippen LogP contribution in [0.2, 0.25) is 0 Å². The Bertz CT molecular complexity index is 414. The number of hydrogen-bond acceptors (Lipinski definition) is 5. The zero-order valence-electron chi connectivity index (χ0n) is 9.18. The molecule has 0 aliphatic heterocycles. The number of carboxylic acids is 1. The van der Waals surface area contributed by atoms with Crippen LogP contribution in [-0.2, 0) is 4.79 Å². The first-order chi connectivity index (χ1) is 8.11. The molecule has 1 heterocycles. The molecule has 1 aromatic heterocycles. The van der Waals surface area contributed by atoms with Crippen molar-refractivity contribution in [2.45, 2.75) is 25.7 Å². The van der Waals surface area contributed by atoms with Crippen LogP contribution < -0.4 is 5.32 Å². The van der Waals surface area contributed by atoms with Gasteiger partial charge in [-0.05, 0) is 29.8 Å². The van der Waals surface area contributed by atoms with E-state index in [0.717, 1.165) is 30.8 Å². The maximum absolute atomic E-state index is 11.6. The second-order valence-electron chi connectivity index (χ2n) is 4.40. The van der Waals surface area contributed by atoms with Crippen LogP contribution in [0.25, 0.3) is 0 Å². The number of nitrogens with one attached hydrogen (secondary N) is 1. The van der Waals surface area contributed by atoms with Crippen LogP contribution in [-0.4, -0.2) is 33.1 Å². The Morgan fingerprint density at radius 1 is 1.53 bits per heavy atom. The number of carboxylic acid groups (broad SMARTS) is 1. The smallest absolute Gasteiger partial charge is 0.303 e. The SMILES string of the molecule is O=C(O)CC1(CNC(=O)c2csnn2)CCC1. The number of carbonyl (C=O) groups excluding carboxylic acids is 1. The minimum atomic E-state index is -0.811. The van der Waals surface area contributed by atoms with Gasteiger partial charge in [0.25, 0.3) is 5.91 Å². The highest BCUT2D eigenvalue weighted by atomic mass is 32.1. The van der Waals surface area contributed by atoms with Crippen molar-refractivity contribution in [3.05, 3.63) is 11.1 Å². The van der Waals surface area contributed by atoms with Crippen molar-refractivity contribution in [3.8, 4) is 0 Å². The molecule has 7 heteroatoms. The van der Waals surface area contributed by atoms with Crippen molar-refractivity contribution >= 4 is 23.4 Å². The van der Waals surface area contributed by atoms with Gasteiger partial charge in [0.15, 0.2) is 5.69 Å². The molecule has 0 aromatic carbocycles. The molecule has 2 N–H and O–H groups in total. The number of aliphatic carboxylic acids is 1. The van der Waals surface area contributed by atoms with Gasteiger partial charge in [-0.1, -0.05) is 10.9 Å². The minimum Gasteiger partial charge on any atom is -0.481 e. The molecule has 1 amide bonds. The van der Waals surface area contributed by atoms with Crippen molar-refractivity contribution < 1.29 is 14.7 Å². The average Bonchev–Trinajstić information content (AvgIpc) is 2.74. The third-order valence-electron chi connectivity index (χ3n) is 3.16. The second-order valence-corrected chi connectivity index (χ2v) is 5.01. The molecule has 0 bridgehead atoms. The van der Waals surface area contributed by atoms with Gasteiger partial charge in [-0.15, -0.1) is 5.10 Å². The topological polar surface area (TPSA) is 92.2 Å². The van der Waals surface area contributed by atoms with Crippen molar-refractivity contribution in [1.82, 2.24) is 14.9 Å². The van der Waals surface area contributed by atoms with E-state index in [9.17, 15) is 9.59 Å². The van der Waals surface area contributed by atoms with Crippen LogP contribution in [0.5, 0.6) is 0 Å². The van der Waals surface area contributed by atoms with Crippen LogP contribution in [0.15, 0.2) is 5.38 Å². The first kappa shape index (κ1) is 12.0. The summed E-state index contributed by atoms with van der Waals surface area (Å²) in [5, 5.41) is 16.8. The lowest BCUT2D eigenvalue weighted by Gasteiger charge is -2.40. The lowest BCUT2D eigenvalue weighted by atomic mass is 9.66. The first-order valence-electron chi connectivity index (χ1n) is 5.38. The molecular weight excluding hydrogens is 242 g/mol. The van der Waals surface area contributed by atoms with E-state index in [1.54, 1.807) is 5.38 Å². The number of nitrogens with zero attached hydrogens (tertiary/aromatic N) is 2. The summed E-state index contributed by atoms with van der Waals surface area (Å²) in [7, 11) is 0. The van der Waals surface area contributed by atoms with Crippen molar-refractivity contribution in [2.75, 3.05) is 6.54 Å². The maximum atomic E-state index is 11.6. The fourth-order valence-electron chi connectivity index (χ4n) is 2.04. The minimum absolute atomic E-state index is 0.114. The Balaban J connectivity index is 1.88. The van der Waals surface area contributed by atoms with E-state index in [0.29, 0.717) is 12.2 Å². The van der Waals surface area contributed by atoms with Gasteiger partial charge in [0.1, 0.15) is 0 Å². The number of rotatable bonds is 5. The van der Waals surface area contributed by atoms with E-state index < -0.39 is 5.97 Å². The highest BCUT2D eigenvalue weighted by Gasteiger charge is 2.39. The first-order valence-corrected chi connectivity index (χ1v) is 6.22. The zero-order valence-corrected chi connectivity index (χ0v) is 10.00. The normalized spacial score (nSPS) is 17.2. The highest BCUT2D eigenvalue weighted by Crippen LogP contribution is 2.43. The van der Waals surface area contributed by atoms with Gasteiger partial charge in [-0.25, -0.2) is 0 Å². The van der Waals surface area contributed by atoms with E-state index >= 15 is 0 Å². The van der Waals surface area contributed by atoms with Gasteiger partial charge >= 0.3 is 5.97 Å². The molecule has 1 fully saturated rings. The molecule has 92 valence electrons. The average molecular weight is 255 g/mol. The van der Waals surface area contributed by atoms with E-state index in [-0.39, 0.29) is 17.7 Å². The predicted octanol–water partition coefficient (Wildman–Crippen LogP) is 0.913. The molecule has 1 aliphatic rings. The number of carbonyl (C=O) groups is 2. The standard InChI is InChI=1S/C10H13N3O3S/c14-8(15)4-10(2-1-3-10)6-11-9(16)7-5-17-13-12-7/h5H,1-4,6H2,(H,11,16)(H,14,15). The quantitative estimate of drug-likeness (QED) is 0.816. The summed E-state index contributed by atoms with van der Waals surface area (Å²) in [6.07, 6.45) is 2.85.